The molecule has 0 aliphatic heterocycles. The molecule has 6 nitrogen and oxygen atoms in total. The lowest BCUT2D eigenvalue weighted by Crippen LogP contribution is -2.12. The van der Waals surface area contributed by atoms with Gasteiger partial charge in [-0.3, -0.25) is 4.98 Å². The van der Waals surface area contributed by atoms with Crippen LogP contribution in [0.15, 0.2) is 42.6 Å². The zero-order valence-corrected chi connectivity index (χ0v) is 14.3. The van der Waals surface area contributed by atoms with E-state index in [0.29, 0.717) is 5.56 Å². The van der Waals surface area contributed by atoms with Crippen LogP contribution in [0, 0.1) is 5.82 Å². The molecule has 0 saturated carbocycles. The van der Waals surface area contributed by atoms with Gasteiger partial charge >= 0.3 is 6.18 Å². The monoisotopic (exact) mass is 400 g/mol. The Bertz CT molecular complexity index is 973. The largest absolute Gasteiger partial charge is 0.433 e. The molecule has 3 aromatic rings. The van der Waals surface area contributed by atoms with E-state index in [-0.39, 0.29) is 29.5 Å². The lowest BCUT2D eigenvalue weighted by Gasteiger charge is -2.08. The maximum atomic E-state index is 13.1. The Kier molecular flexibility index (Phi) is 5.33. The number of nitrogens with zero attached hydrogens (tertiary/aromatic N) is 4. The fourth-order valence-corrected chi connectivity index (χ4v) is 2.77. The number of aromatic nitrogens is 4. The molecule has 1 unspecified atom stereocenters. The van der Waals surface area contributed by atoms with E-state index in [1.54, 1.807) is 0 Å². The zero-order valence-electron chi connectivity index (χ0n) is 13.5. The number of hydrogen-bond acceptors (Lipinski definition) is 4. The molecule has 0 bridgehead atoms. The van der Waals surface area contributed by atoms with Crippen molar-refractivity contribution in [3.05, 3.63) is 65.5 Å². The van der Waals surface area contributed by atoms with E-state index in [4.69, 9.17) is 4.55 Å². The minimum Gasteiger partial charge on any atom is -0.306 e. The third-order valence-electron chi connectivity index (χ3n) is 3.55. The number of hydrogen-bond donors (Lipinski definition) is 1. The van der Waals surface area contributed by atoms with Gasteiger partial charge < -0.3 is 4.55 Å². The molecule has 0 aliphatic carbocycles. The average molecular weight is 400 g/mol. The minimum atomic E-state index is -4.59. The van der Waals surface area contributed by atoms with Gasteiger partial charge in [0.1, 0.15) is 23.1 Å². The topological polar surface area (TPSA) is 80.9 Å². The summed E-state index contributed by atoms with van der Waals surface area (Å²) in [6, 6.07) is 7.54. The number of pyridine rings is 1. The van der Waals surface area contributed by atoms with Crippen LogP contribution in [0.1, 0.15) is 17.1 Å². The molecule has 0 aliphatic rings. The molecule has 2 aromatic heterocycles. The van der Waals surface area contributed by atoms with Crippen LogP contribution >= 0.6 is 0 Å². The van der Waals surface area contributed by atoms with E-state index < -0.39 is 28.8 Å². The molecule has 1 aromatic carbocycles. The van der Waals surface area contributed by atoms with Crippen LogP contribution in [0.2, 0.25) is 0 Å². The normalized spacial score (nSPS) is 12.9. The first-order chi connectivity index (χ1) is 12.7. The van der Waals surface area contributed by atoms with Gasteiger partial charge in [-0.1, -0.05) is 0 Å². The van der Waals surface area contributed by atoms with E-state index >= 15 is 0 Å². The second kappa shape index (κ2) is 7.53. The molecule has 0 spiro atoms. The molecule has 142 valence electrons. The molecule has 0 amide bonds. The lowest BCUT2D eigenvalue weighted by molar-refractivity contribution is -0.141. The van der Waals surface area contributed by atoms with Crippen molar-refractivity contribution in [3.8, 4) is 11.4 Å². The Morgan fingerprint density at radius 1 is 1.15 bits per heavy atom. The van der Waals surface area contributed by atoms with Gasteiger partial charge in [-0.05, 0) is 42.0 Å². The van der Waals surface area contributed by atoms with Crippen molar-refractivity contribution in [2.75, 3.05) is 0 Å². The van der Waals surface area contributed by atoms with Crippen LogP contribution in [-0.4, -0.2) is 28.5 Å². The van der Waals surface area contributed by atoms with E-state index in [9.17, 15) is 21.8 Å². The molecular weight excluding hydrogens is 388 g/mol. The van der Waals surface area contributed by atoms with Gasteiger partial charge in [-0.25, -0.2) is 18.3 Å². The van der Waals surface area contributed by atoms with Gasteiger partial charge in [0.2, 0.25) is 0 Å². The summed E-state index contributed by atoms with van der Waals surface area (Å²) in [4.78, 5) is 7.45. The summed E-state index contributed by atoms with van der Waals surface area (Å²) in [5.74, 6) is -0.529. The van der Waals surface area contributed by atoms with Crippen molar-refractivity contribution in [2.45, 2.75) is 18.5 Å². The van der Waals surface area contributed by atoms with Crippen LogP contribution in [0.5, 0.6) is 0 Å². The van der Waals surface area contributed by atoms with Crippen LogP contribution in [0.25, 0.3) is 11.4 Å². The first-order valence-electron chi connectivity index (χ1n) is 7.51. The highest BCUT2D eigenvalue weighted by Gasteiger charge is 2.32. The molecule has 3 rings (SSSR count). The Balaban J connectivity index is 1.96. The second-order valence-electron chi connectivity index (χ2n) is 5.53. The maximum Gasteiger partial charge on any atom is 0.433 e. The van der Waals surface area contributed by atoms with E-state index in [0.717, 1.165) is 12.3 Å². The van der Waals surface area contributed by atoms with Crippen molar-refractivity contribution in [2.24, 2.45) is 0 Å². The highest BCUT2D eigenvalue weighted by Crippen LogP contribution is 2.28. The highest BCUT2D eigenvalue weighted by atomic mass is 32.2. The average Bonchev–Trinajstić information content (AvgIpc) is 2.97. The SMILES string of the molecule is O=S(O)Cc1nc(-c2ccc(F)cc2)nn1Cc1ccnc(C(F)(F)F)c1. The molecule has 27 heavy (non-hydrogen) atoms. The van der Waals surface area contributed by atoms with Gasteiger partial charge in [0.15, 0.2) is 16.9 Å². The van der Waals surface area contributed by atoms with Gasteiger partial charge in [0.25, 0.3) is 0 Å². The first-order valence-corrected chi connectivity index (χ1v) is 8.79. The smallest absolute Gasteiger partial charge is 0.306 e. The van der Waals surface area contributed by atoms with Crippen LogP contribution in [-0.2, 0) is 29.6 Å². The molecular formula is C16H12F4N4O2S. The molecule has 0 saturated heterocycles. The van der Waals surface area contributed by atoms with Crippen molar-refractivity contribution in [1.29, 1.82) is 0 Å². The molecule has 1 atom stereocenters. The molecule has 11 heteroatoms. The zero-order chi connectivity index (χ0) is 19.6. The van der Waals surface area contributed by atoms with E-state index in [1.165, 1.54) is 35.0 Å². The summed E-state index contributed by atoms with van der Waals surface area (Å²) < 4.78 is 73.1. The third-order valence-corrected chi connectivity index (χ3v) is 4.06. The number of alkyl halides is 3. The summed E-state index contributed by atoms with van der Waals surface area (Å²) in [7, 11) is 0. The number of rotatable bonds is 5. The van der Waals surface area contributed by atoms with Crippen molar-refractivity contribution < 1.29 is 26.3 Å². The lowest BCUT2D eigenvalue weighted by atomic mass is 10.2. The quantitative estimate of drug-likeness (QED) is 0.525. The minimum absolute atomic E-state index is 0.105. The summed E-state index contributed by atoms with van der Waals surface area (Å²) in [5.41, 5.74) is -0.338. The Morgan fingerprint density at radius 3 is 2.48 bits per heavy atom. The molecule has 0 fully saturated rings. The van der Waals surface area contributed by atoms with E-state index in [2.05, 4.69) is 15.1 Å². The van der Waals surface area contributed by atoms with Crippen LogP contribution in [0.4, 0.5) is 17.6 Å². The fourth-order valence-electron chi connectivity index (χ4n) is 2.34. The van der Waals surface area contributed by atoms with E-state index in [1.807, 2.05) is 0 Å². The van der Waals surface area contributed by atoms with Gasteiger partial charge in [-0.2, -0.15) is 18.3 Å². The molecule has 0 radical (unpaired) electrons. The first kappa shape index (κ1) is 19.1. The predicted octanol–water partition coefficient (Wildman–Crippen LogP) is 3.27. The second-order valence-corrected chi connectivity index (χ2v) is 6.46. The summed E-state index contributed by atoms with van der Waals surface area (Å²) >= 11 is -2.23. The molecule has 1 N–H and O–H groups in total. The van der Waals surface area contributed by atoms with Gasteiger partial charge in [0, 0.05) is 11.8 Å². The Labute approximate surface area is 153 Å². The Morgan fingerprint density at radius 2 is 1.85 bits per heavy atom. The fraction of sp³-hybridized carbons (Fsp3) is 0.188. The van der Waals surface area contributed by atoms with Crippen molar-refractivity contribution >= 4 is 11.1 Å². The molecule has 2 heterocycles. The highest BCUT2D eigenvalue weighted by molar-refractivity contribution is 7.78. The van der Waals surface area contributed by atoms with Crippen LogP contribution < -0.4 is 0 Å². The van der Waals surface area contributed by atoms with Crippen molar-refractivity contribution in [3.63, 3.8) is 0 Å². The standard InChI is InChI=1S/C16H12F4N4O2S/c17-12-3-1-11(2-4-12)15-22-14(9-27(25)26)24(23-15)8-10-5-6-21-13(7-10)16(18,19)20/h1-7H,8-9H2,(H,25,26). The predicted molar refractivity (Wildman–Crippen MR) is 88.2 cm³/mol. The third kappa shape index (κ3) is 4.74. The number of benzene rings is 1. The van der Waals surface area contributed by atoms with Crippen molar-refractivity contribution in [1.82, 2.24) is 19.7 Å². The summed E-state index contributed by atoms with van der Waals surface area (Å²) in [6.45, 7) is -0.105. The summed E-state index contributed by atoms with van der Waals surface area (Å²) in [5, 5.41) is 4.19. The number of halogens is 4. The van der Waals surface area contributed by atoms with Gasteiger partial charge in [0.05, 0.1) is 6.54 Å². The van der Waals surface area contributed by atoms with Gasteiger partial charge in [-0.15, -0.1) is 0 Å². The van der Waals surface area contributed by atoms with Crippen LogP contribution in [0.3, 0.4) is 0 Å². The Hall–Kier alpha value is -2.66. The summed E-state index contributed by atoms with van der Waals surface area (Å²) in [6.07, 6.45) is -3.56. The maximum absolute atomic E-state index is 13.1.